The van der Waals surface area contributed by atoms with Crippen LogP contribution < -0.4 is 0 Å². The summed E-state index contributed by atoms with van der Waals surface area (Å²) in [5.41, 5.74) is 9.44. The molecule has 0 heterocycles. The average Bonchev–Trinajstić information content (AvgIpc) is 3.06. The molecular weight excluding hydrogens is 404 g/mol. The molecule has 0 spiro atoms. The molecule has 0 saturated heterocycles. The summed E-state index contributed by atoms with van der Waals surface area (Å²) in [6, 6.07) is 7.84. The van der Waals surface area contributed by atoms with Crippen LogP contribution in [0.25, 0.3) is 5.57 Å². The van der Waals surface area contributed by atoms with Crippen molar-refractivity contribution in [3.63, 3.8) is 0 Å². The van der Waals surface area contributed by atoms with Gasteiger partial charge in [-0.1, -0.05) is 78.0 Å². The third-order valence-corrected chi connectivity index (χ3v) is 7.55. The molecule has 3 aliphatic rings. The minimum Gasteiger partial charge on any atom is -0.289 e. The molecule has 0 saturated carbocycles. The van der Waals surface area contributed by atoms with Crippen LogP contribution >= 0.6 is 0 Å². The van der Waals surface area contributed by atoms with E-state index in [9.17, 15) is 9.59 Å². The number of hydrogen-bond donors (Lipinski definition) is 0. The average molecular weight is 437 g/mol. The number of benzene rings is 1. The quantitative estimate of drug-likeness (QED) is 0.457. The van der Waals surface area contributed by atoms with Crippen molar-refractivity contribution in [3.8, 4) is 0 Å². The fraction of sp³-hybridized carbons (Fsp3) is 0.323. The Kier molecular flexibility index (Phi) is 5.76. The lowest BCUT2D eigenvalue weighted by Gasteiger charge is -2.33. The SMILES string of the molecule is CCC(C)(C)C1=C/C(=C2/C=C(C(C)(C)CC)C(=O)c3ccccc32)C2=C(C=C=CC=C2)C1=O. The van der Waals surface area contributed by atoms with Crippen molar-refractivity contribution in [2.24, 2.45) is 10.8 Å². The van der Waals surface area contributed by atoms with Crippen LogP contribution in [0.1, 0.15) is 70.3 Å². The highest BCUT2D eigenvalue weighted by molar-refractivity contribution is 6.19. The van der Waals surface area contributed by atoms with Crippen molar-refractivity contribution in [2.45, 2.75) is 54.4 Å². The van der Waals surface area contributed by atoms with Crippen LogP contribution in [0, 0.1) is 10.8 Å². The Morgan fingerprint density at radius 1 is 0.727 bits per heavy atom. The van der Waals surface area contributed by atoms with Gasteiger partial charge in [-0.2, -0.15) is 0 Å². The smallest absolute Gasteiger partial charge is 0.190 e. The summed E-state index contributed by atoms with van der Waals surface area (Å²) in [4.78, 5) is 27.1. The van der Waals surface area contributed by atoms with E-state index in [1.165, 1.54) is 0 Å². The molecular formula is C31H32O2. The van der Waals surface area contributed by atoms with Gasteiger partial charge in [-0.05, 0) is 70.3 Å². The second kappa shape index (κ2) is 8.28. The predicted octanol–water partition coefficient (Wildman–Crippen LogP) is 7.52. The standard InChI is InChI=1S/C31H32O2/c1-7-30(3,4)26-18-24(20-14-10-9-11-16-22(20)28(26)32)25-19-27(31(5,6)8-2)29(33)23-17-13-12-15-21(23)25/h9-10,12-19H,7-8H2,1-6H3/b25-24+. The van der Waals surface area contributed by atoms with Gasteiger partial charge in [0.2, 0.25) is 0 Å². The highest BCUT2D eigenvalue weighted by atomic mass is 16.1. The molecule has 2 heteroatoms. The fourth-order valence-electron chi connectivity index (χ4n) is 4.54. The Morgan fingerprint density at radius 3 is 1.94 bits per heavy atom. The summed E-state index contributed by atoms with van der Waals surface area (Å²) in [7, 11) is 0. The molecule has 0 bridgehead atoms. The summed E-state index contributed by atoms with van der Waals surface area (Å²) >= 11 is 0. The van der Waals surface area contributed by atoms with Gasteiger partial charge in [0.05, 0.1) is 0 Å². The van der Waals surface area contributed by atoms with Crippen molar-refractivity contribution < 1.29 is 9.59 Å². The highest BCUT2D eigenvalue weighted by Crippen LogP contribution is 2.45. The van der Waals surface area contributed by atoms with Gasteiger partial charge in [0, 0.05) is 22.3 Å². The van der Waals surface area contributed by atoms with E-state index in [4.69, 9.17) is 0 Å². The van der Waals surface area contributed by atoms with Crippen LogP contribution in [-0.2, 0) is 4.79 Å². The van der Waals surface area contributed by atoms with E-state index < -0.39 is 0 Å². The third-order valence-electron chi connectivity index (χ3n) is 7.55. The van der Waals surface area contributed by atoms with Crippen molar-refractivity contribution in [3.05, 3.63) is 105 Å². The zero-order valence-corrected chi connectivity index (χ0v) is 20.5. The number of rotatable bonds is 4. The van der Waals surface area contributed by atoms with E-state index in [0.717, 1.165) is 51.8 Å². The lowest BCUT2D eigenvalue weighted by molar-refractivity contribution is -0.113. The van der Waals surface area contributed by atoms with Crippen LogP contribution in [-0.4, -0.2) is 11.6 Å². The fourth-order valence-corrected chi connectivity index (χ4v) is 4.54. The van der Waals surface area contributed by atoms with Crippen molar-refractivity contribution in [2.75, 3.05) is 0 Å². The summed E-state index contributed by atoms with van der Waals surface area (Å²) in [5, 5.41) is 0. The maximum Gasteiger partial charge on any atom is 0.190 e. The molecule has 0 radical (unpaired) electrons. The lowest BCUT2D eigenvalue weighted by Crippen LogP contribution is -2.27. The van der Waals surface area contributed by atoms with Crippen LogP contribution in [0.3, 0.4) is 0 Å². The lowest BCUT2D eigenvalue weighted by atomic mass is 9.69. The topological polar surface area (TPSA) is 34.1 Å². The normalized spacial score (nSPS) is 20.4. The Bertz CT molecular complexity index is 1280. The zero-order valence-electron chi connectivity index (χ0n) is 20.5. The van der Waals surface area contributed by atoms with E-state index in [-0.39, 0.29) is 22.4 Å². The first-order valence-electron chi connectivity index (χ1n) is 11.8. The molecule has 0 aliphatic heterocycles. The van der Waals surface area contributed by atoms with Gasteiger partial charge in [0.15, 0.2) is 11.6 Å². The van der Waals surface area contributed by atoms with E-state index in [1.54, 1.807) is 6.08 Å². The maximum absolute atomic E-state index is 13.6. The van der Waals surface area contributed by atoms with Gasteiger partial charge in [-0.15, -0.1) is 5.73 Å². The molecule has 33 heavy (non-hydrogen) atoms. The first-order valence-corrected chi connectivity index (χ1v) is 11.8. The van der Waals surface area contributed by atoms with Gasteiger partial charge < -0.3 is 0 Å². The summed E-state index contributed by atoms with van der Waals surface area (Å²) in [6.07, 6.45) is 13.4. The first kappa shape index (κ1) is 23.0. The van der Waals surface area contributed by atoms with E-state index in [2.05, 4.69) is 59.4 Å². The minimum absolute atomic E-state index is 0.0620. The Morgan fingerprint density at radius 2 is 1.30 bits per heavy atom. The number of allylic oxidation sites excluding steroid dienone is 11. The first-order chi connectivity index (χ1) is 15.6. The second-order valence-electron chi connectivity index (χ2n) is 10.3. The molecule has 0 atom stereocenters. The van der Waals surface area contributed by atoms with Crippen molar-refractivity contribution in [1.29, 1.82) is 0 Å². The molecule has 168 valence electrons. The van der Waals surface area contributed by atoms with E-state index in [0.29, 0.717) is 5.57 Å². The molecule has 1 aromatic rings. The Hall–Kier alpha value is -3.22. The molecule has 0 fully saturated rings. The maximum atomic E-state index is 13.6. The van der Waals surface area contributed by atoms with Gasteiger partial charge in [0.25, 0.3) is 0 Å². The largest absolute Gasteiger partial charge is 0.289 e. The molecule has 0 N–H and O–H groups in total. The van der Waals surface area contributed by atoms with Crippen LogP contribution in [0.15, 0.2) is 94.3 Å². The summed E-state index contributed by atoms with van der Waals surface area (Å²) in [6.45, 7) is 12.7. The summed E-state index contributed by atoms with van der Waals surface area (Å²) in [5.74, 6) is 0.158. The number of carbonyl (C=O) groups excluding carboxylic acids is 2. The van der Waals surface area contributed by atoms with Crippen LogP contribution in [0.5, 0.6) is 0 Å². The number of hydrogen-bond acceptors (Lipinski definition) is 2. The van der Waals surface area contributed by atoms with Crippen LogP contribution in [0.2, 0.25) is 0 Å². The van der Waals surface area contributed by atoms with E-state index in [1.807, 2.05) is 42.5 Å². The number of ketones is 2. The minimum atomic E-state index is -0.270. The van der Waals surface area contributed by atoms with Gasteiger partial charge in [-0.25, -0.2) is 0 Å². The number of carbonyl (C=O) groups is 2. The van der Waals surface area contributed by atoms with Crippen LogP contribution in [0.4, 0.5) is 0 Å². The second-order valence-corrected chi connectivity index (χ2v) is 10.3. The van der Waals surface area contributed by atoms with Crippen molar-refractivity contribution in [1.82, 2.24) is 0 Å². The monoisotopic (exact) mass is 436 g/mol. The van der Waals surface area contributed by atoms with Gasteiger partial charge in [0.1, 0.15) is 0 Å². The molecule has 4 rings (SSSR count). The molecule has 3 aliphatic carbocycles. The molecule has 2 nitrogen and oxygen atoms in total. The predicted molar refractivity (Wildman–Crippen MR) is 136 cm³/mol. The zero-order chi connectivity index (χ0) is 24.0. The van der Waals surface area contributed by atoms with Gasteiger partial charge in [-0.3, -0.25) is 9.59 Å². The molecule has 0 aromatic heterocycles. The number of fused-ring (bicyclic) bond motifs is 1. The third kappa shape index (κ3) is 3.79. The summed E-state index contributed by atoms with van der Waals surface area (Å²) < 4.78 is 0. The number of Topliss-reactive ketones (excluding diaryl/α,β-unsaturated/α-hetero) is 2. The highest BCUT2D eigenvalue weighted by Gasteiger charge is 2.37. The Labute approximate surface area is 197 Å². The molecule has 1 aromatic carbocycles. The molecule has 0 unspecified atom stereocenters. The Balaban J connectivity index is 2.13. The van der Waals surface area contributed by atoms with Gasteiger partial charge >= 0.3 is 0 Å². The van der Waals surface area contributed by atoms with Crippen molar-refractivity contribution >= 4 is 17.1 Å². The van der Waals surface area contributed by atoms with E-state index >= 15 is 0 Å². The molecule has 0 amide bonds.